The number of carbonyl (C=O) groups excluding carboxylic acids is 1. The van der Waals surface area contributed by atoms with Crippen molar-refractivity contribution < 1.29 is 13.9 Å². The van der Waals surface area contributed by atoms with E-state index in [-0.39, 0.29) is 12.1 Å². The summed E-state index contributed by atoms with van der Waals surface area (Å²) in [6.07, 6.45) is 0.240. The van der Waals surface area contributed by atoms with E-state index < -0.39 is 12.2 Å². The van der Waals surface area contributed by atoms with Gasteiger partial charge in [0.1, 0.15) is 12.4 Å². The molecule has 1 aromatic heterocycles. The fourth-order valence-electron chi connectivity index (χ4n) is 3.56. The highest BCUT2D eigenvalue weighted by atomic mass is 19.1. The molecule has 0 unspecified atom stereocenters. The van der Waals surface area contributed by atoms with Gasteiger partial charge in [-0.15, -0.1) is 0 Å². The number of halogens is 1. The zero-order chi connectivity index (χ0) is 16.5. The summed E-state index contributed by atoms with van der Waals surface area (Å²) in [5.74, 6) is 0.161. The Morgan fingerprint density at radius 1 is 1.42 bits per heavy atom. The highest BCUT2D eigenvalue weighted by Gasteiger charge is 2.39. The lowest BCUT2D eigenvalue weighted by Gasteiger charge is -2.42. The Labute approximate surface area is 137 Å². The number of anilines is 1. The fourth-order valence-corrected chi connectivity index (χ4v) is 3.56. The first kappa shape index (κ1) is 13.8. The molecule has 1 fully saturated rings. The van der Waals surface area contributed by atoms with Crippen LogP contribution in [0.15, 0.2) is 29.5 Å². The number of nitrogens with zero attached hydrogens (tertiary/aromatic N) is 3. The molecule has 24 heavy (non-hydrogen) atoms. The first-order valence-corrected chi connectivity index (χ1v) is 7.86. The molecule has 0 spiro atoms. The number of alkyl halides is 1. The smallest absolute Gasteiger partial charge is 0.296 e. The predicted molar refractivity (Wildman–Crippen MR) is 86.9 cm³/mol. The zero-order valence-electron chi connectivity index (χ0n) is 13.0. The van der Waals surface area contributed by atoms with Crippen molar-refractivity contribution >= 4 is 28.3 Å². The van der Waals surface area contributed by atoms with Gasteiger partial charge in [0.15, 0.2) is 5.84 Å². The van der Waals surface area contributed by atoms with Crippen LogP contribution in [0.3, 0.4) is 0 Å². The van der Waals surface area contributed by atoms with Gasteiger partial charge in [0.05, 0.1) is 16.7 Å². The minimum atomic E-state index is -1.80. The number of fused-ring (bicyclic) bond motifs is 4. The molecule has 1 aromatic carbocycles. The van der Waals surface area contributed by atoms with Crippen LogP contribution in [-0.4, -0.2) is 42.3 Å². The summed E-state index contributed by atoms with van der Waals surface area (Å²) in [7, 11) is 0. The van der Waals surface area contributed by atoms with Crippen LogP contribution in [0.2, 0.25) is 0 Å². The van der Waals surface area contributed by atoms with Gasteiger partial charge in [-0.1, -0.05) is 0 Å². The van der Waals surface area contributed by atoms with Crippen molar-refractivity contribution in [2.75, 3.05) is 24.6 Å². The van der Waals surface area contributed by atoms with Crippen molar-refractivity contribution in [1.82, 2.24) is 15.3 Å². The number of aromatic nitrogens is 1. The number of benzene rings is 1. The molecular formula is C16H16FN5O2. The van der Waals surface area contributed by atoms with Crippen molar-refractivity contribution in [2.24, 2.45) is 5.10 Å². The quantitative estimate of drug-likeness (QED) is 0.763. The van der Waals surface area contributed by atoms with E-state index in [0.29, 0.717) is 17.3 Å². The third-order valence-electron chi connectivity index (χ3n) is 5.00. The van der Waals surface area contributed by atoms with Gasteiger partial charge in [0.2, 0.25) is 0 Å². The molecule has 7 nitrogen and oxygen atoms in total. The van der Waals surface area contributed by atoms with E-state index in [9.17, 15) is 9.18 Å². The van der Waals surface area contributed by atoms with Gasteiger partial charge in [-0.05, 0) is 25.1 Å². The molecule has 4 heterocycles. The second-order valence-corrected chi connectivity index (χ2v) is 6.66. The van der Waals surface area contributed by atoms with E-state index >= 15 is 0 Å². The first-order chi connectivity index (χ1) is 11.6. The maximum atomic E-state index is 14.5. The molecule has 0 radical (unpaired) electrons. The normalized spacial score (nSPS) is 24.4. The SMILES string of the molecule is CC1(n2ccc3cc4c(cc32)N2C(=NNC(=O)[C@H]2F)CO4)CNC1. The van der Waals surface area contributed by atoms with Crippen molar-refractivity contribution in [3.05, 3.63) is 24.4 Å². The molecule has 3 aliphatic rings. The molecule has 1 amide bonds. The number of carbonyl (C=O) groups is 1. The largest absolute Gasteiger partial charge is 0.483 e. The molecule has 3 aliphatic heterocycles. The summed E-state index contributed by atoms with van der Waals surface area (Å²) < 4.78 is 22.4. The summed E-state index contributed by atoms with van der Waals surface area (Å²) >= 11 is 0. The fraction of sp³-hybridized carbons (Fsp3) is 0.375. The second kappa shape index (κ2) is 4.47. The van der Waals surface area contributed by atoms with Crippen molar-refractivity contribution in [3.63, 3.8) is 0 Å². The number of amides is 1. The van der Waals surface area contributed by atoms with Crippen LogP contribution in [0, 0.1) is 0 Å². The number of hydrazone groups is 1. The monoisotopic (exact) mass is 329 g/mol. The van der Waals surface area contributed by atoms with Gasteiger partial charge in [-0.2, -0.15) is 5.10 Å². The summed E-state index contributed by atoms with van der Waals surface area (Å²) in [5, 5.41) is 8.22. The highest BCUT2D eigenvalue weighted by Crippen LogP contribution is 2.40. The molecule has 1 saturated heterocycles. The minimum Gasteiger partial charge on any atom is -0.483 e. The maximum absolute atomic E-state index is 14.5. The van der Waals surface area contributed by atoms with Crippen LogP contribution in [0.1, 0.15) is 6.92 Å². The average molecular weight is 329 g/mol. The number of nitrogens with one attached hydrogen (secondary N) is 2. The Morgan fingerprint density at radius 2 is 2.25 bits per heavy atom. The summed E-state index contributed by atoms with van der Waals surface area (Å²) in [4.78, 5) is 13.0. The van der Waals surface area contributed by atoms with Crippen LogP contribution < -0.4 is 20.4 Å². The Hall–Kier alpha value is -2.61. The van der Waals surface area contributed by atoms with E-state index in [2.05, 4.69) is 27.3 Å². The number of hydrogen-bond acceptors (Lipinski definition) is 5. The van der Waals surface area contributed by atoms with Crippen LogP contribution in [-0.2, 0) is 10.3 Å². The minimum absolute atomic E-state index is 0.00316. The van der Waals surface area contributed by atoms with Gasteiger partial charge in [0.25, 0.3) is 12.2 Å². The molecule has 2 N–H and O–H groups in total. The van der Waals surface area contributed by atoms with E-state index in [1.807, 2.05) is 24.4 Å². The van der Waals surface area contributed by atoms with Crippen molar-refractivity contribution in [1.29, 1.82) is 0 Å². The van der Waals surface area contributed by atoms with Gasteiger partial charge < -0.3 is 14.6 Å². The Balaban J connectivity index is 1.70. The van der Waals surface area contributed by atoms with Crippen LogP contribution >= 0.6 is 0 Å². The molecular weight excluding hydrogens is 313 g/mol. The lowest BCUT2D eigenvalue weighted by molar-refractivity contribution is -0.126. The number of hydrogen-bond donors (Lipinski definition) is 2. The average Bonchev–Trinajstić information content (AvgIpc) is 2.97. The number of amidine groups is 1. The van der Waals surface area contributed by atoms with E-state index in [1.165, 1.54) is 4.90 Å². The van der Waals surface area contributed by atoms with E-state index in [0.717, 1.165) is 24.0 Å². The molecule has 8 heteroatoms. The number of rotatable bonds is 1. The molecule has 0 bridgehead atoms. The van der Waals surface area contributed by atoms with E-state index in [4.69, 9.17) is 4.74 Å². The van der Waals surface area contributed by atoms with E-state index in [1.54, 1.807) is 0 Å². The molecule has 1 atom stereocenters. The molecule has 124 valence electrons. The van der Waals surface area contributed by atoms with Crippen LogP contribution in [0.4, 0.5) is 10.1 Å². The standard InChI is InChI=1S/C16H16FN5O2/c1-16(7-18-8-16)21-3-2-9-4-12-11(5-10(9)21)22-13(6-24-12)19-20-15(23)14(22)17/h2-5,14,18H,6-8H2,1H3,(H,20,23)/t14-/m0/s1. The van der Waals surface area contributed by atoms with Gasteiger partial charge in [0, 0.05) is 24.7 Å². The van der Waals surface area contributed by atoms with Crippen molar-refractivity contribution in [2.45, 2.75) is 18.8 Å². The highest BCUT2D eigenvalue weighted by molar-refractivity contribution is 6.09. The zero-order valence-corrected chi connectivity index (χ0v) is 13.0. The summed E-state index contributed by atoms with van der Waals surface area (Å²) in [6.45, 7) is 4.07. The molecule has 2 aromatic rings. The van der Waals surface area contributed by atoms with Gasteiger partial charge in [-0.3, -0.25) is 9.69 Å². The van der Waals surface area contributed by atoms with Gasteiger partial charge in [-0.25, -0.2) is 9.82 Å². The lowest BCUT2D eigenvalue weighted by Crippen LogP contribution is -2.58. The predicted octanol–water partition coefficient (Wildman–Crippen LogP) is 0.897. The van der Waals surface area contributed by atoms with Crippen LogP contribution in [0.25, 0.3) is 10.9 Å². The molecule has 0 aliphatic carbocycles. The van der Waals surface area contributed by atoms with Crippen molar-refractivity contribution in [3.8, 4) is 5.75 Å². The van der Waals surface area contributed by atoms with Crippen LogP contribution in [0.5, 0.6) is 5.75 Å². The molecule has 5 rings (SSSR count). The Bertz CT molecular complexity index is 901. The lowest BCUT2D eigenvalue weighted by atomic mass is 9.94. The first-order valence-electron chi connectivity index (χ1n) is 7.86. The second-order valence-electron chi connectivity index (χ2n) is 6.66. The molecule has 0 saturated carbocycles. The maximum Gasteiger partial charge on any atom is 0.296 e. The summed E-state index contributed by atoms with van der Waals surface area (Å²) in [5.41, 5.74) is 3.70. The topological polar surface area (TPSA) is 70.9 Å². The number of ether oxygens (including phenoxy) is 1. The van der Waals surface area contributed by atoms with Gasteiger partial charge >= 0.3 is 0 Å². The Morgan fingerprint density at radius 3 is 3.00 bits per heavy atom. The Kier molecular flexibility index (Phi) is 2.57. The third kappa shape index (κ3) is 1.68. The third-order valence-corrected chi connectivity index (χ3v) is 5.00. The summed E-state index contributed by atoms with van der Waals surface area (Å²) in [6, 6.07) is 5.81.